The average Bonchev–Trinajstić information content (AvgIpc) is 2.48. The smallest absolute Gasteiger partial charge is 0.195 e. The van der Waals surface area contributed by atoms with Gasteiger partial charge in [0.05, 0.1) is 10.5 Å². The summed E-state index contributed by atoms with van der Waals surface area (Å²) in [6.07, 6.45) is 1.56. The van der Waals surface area contributed by atoms with Crippen molar-refractivity contribution in [1.82, 2.24) is 4.98 Å². The van der Waals surface area contributed by atoms with Gasteiger partial charge in [0.1, 0.15) is 5.82 Å². The van der Waals surface area contributed by atoms with E-state index in [1.807, 2.05) is 24.3 Å². The zero-order valence-corrected chi connectivity index (χ0v) is 11.1. The molecule has 3 rings (SSSR count). The van der Waals surface area contributed by atoms with Crippen LogP contribution in [0.2, 0.25) is 5.02 Å². The van der Waals surface area contributed by atoms with Crippen molar-refractivity contribution in [2.24, 2.45) is 0 Å². The van der Waals surface area contributed by atoms with Crippen LogP contribution in [0.25, 0.3) is 10.9 Å². The summed E-state index contributed by atoms with van der Waals surface area (Å²) in [6.45, 7) is 0. The van der Waals surface area contributed by atoms with E-state index < -0.39 is 5.82 Å². The number of halogens is 2. The van der Waals surface area contributed by atoms with Gasteiger partial charge in [-0.3, -0.25) is 9.78 Å². The van der Waals surface area contributed by atoms with Gasteiger partial charge in [-0.05, 0) is 30.3 Å². The lowest BCUT2D eigenvalue weighted by atomic mass is 10.00. The van der Waals surface area contributed by atoms with Gasteiger partial charge in [-0.15, -0.1) is 0 Å². The summed E-state index contributed by atoms with van der Waals surface area (Å²) in [5.41, 5.74) is 1.33. The molecule has 2 aromatic carbocycles. The predicted molar refractivity (Wildman–Crippen MR) is 76.6 cm³/mol. The van der Waals surface area contributed by atoms with Crippen LogP contribution in [0.3, 0.4) is 0 Å². The first kappa shape index (κ1) is 12.8. The quantitative estimate of drug-likeness (QED) is 0.659. The Labute approximate surface area is 119 Å². The second kappa shape index (κ2) is 5.02. The van der Waals surface area contributed by atoms with Gasteiger partial charge in [-0.2, -0.15) is 0 Å². The van der Waals surface area contributed by atoms with Gasteiger partial charge in [0, 0.05) is 22.7 Å². The highest BCUT2D eigenvalue weighted by Crippen LogP contribution is 2.24. The summed E-state index contributed by atoms with van der Waals surface area (Å²) in [7, 11) is 0. The highest BCUT2D eigenvalue weighted by Gasteiger charge is 2.16. The van der Waals surface area contributed by atoms with E-state index >= 15 is 0 Å². The molecule has 0 amide bonds. The van der Waals surface area contributed by atoms with Crippen LogP contribution in [0.5, 0.6) is 0 Å². The summed E-state index contributed by atoms with van der Waals surface area (Å²) in [6, 6.07) is 12.7. The van der Waals surface area contributed by atoms with E-state index in [0.29, 0.717) is 11.1 Å². The molecule has 1 aromatic heterocycles. The van der Waals surface area contributed by atoms with Gasteiger partial charge in [0.15, 0.2) is 5.78 Å². The Balaban J connectivity index is 2.20. The molecule has 0 aliphatic rings. The molecule has 3 aromatic rings. The first-order valence-electron chi connectivity index (χ1n) is 6.00. The number of carbonyl (C=O) groups is 1. The highest BCUT2D eigenvalue weighted by molar-refractivity contribution is 6.35. The monoisotopic (exact) mass is 285 g/mol. The maximum atomic E-state index is 13.3. The molecular weight excluding hydrogens is 277 g/mol. The third-order valence-corrected chi connectivity index (χ3v) is 3.40. The summed E-state index contributed by atoms with van der Waals surface area (Å²) in [5.74, 6) is -0.802. The number of fused-ring (bicyclic) bond motifs is 1. The summed E-state index contributed by atoms with van der Waals surface area (Å²) in [5, 5.41) is 0.956. The van der Waals surface area contributed by atoms with Crippen molar-refractivity contribution in [3.05, 3.63) is 76.7 Å². The Morgan fingerprint density at radius 1 is 1.05 bits per heavy atom. The van der Waals surface area contributed by atoms with E-state index in [4.69, 9.17) is 11.6 Å². The van der Waals surface area contributed by atoms with Crippen molar-refractivity contribution in [3.63, 3.8) is 0 Å². The number of hydrogen-bond acceptors (Lipinski definition) is 2. The molecule has 20 heavy (non-hydrogen) atoms. The highest BCUT2D eigenvalue weighted by atomic mass is 35.5. The van der Waals surface area contributed by atoms with Crippen LogP contribution in [-0.2, 0) is 0 Å². The Morgan fingerprint density at radius 3 is 2.70 bits per heavy atom. The second-order valence-corrected chi connectivity index (χ2v) is 4.74. The number of rotatable bonds is 2. The zero-order valence-electron chi connectivity index (χ0n) is 10.3. The number of nitrogens with zero attached hydrogens (tertiary/aromatic N) is 1. The first-order valence-corrected chi connectivity index (χ1v) is 6.38. The predicted octanol–water partition coefficient (Wildman–Crippen LogP) is 4.26. The van der Waals surface area contributed by atoms with Gasteiger partial charge in [0.25, 0.3) is 0 Å². The molecule has 0 saturated heterocycles. The van der Waals surface area contributed by atoms with Crippen LogP contribution in [0.15, 0.2) is 54.7 Å². The topological polar surface area (TPSA) is 30.0 Å². The molecule has 98 valence electrons. The van der Waals surface area contributed by atoms with Crippen LogP contribution >= 0.6 is 11.6 Å². The Morgan fingerprint density at radius 2 is 1.85 bits per heavy atom. The number of ketones is 1. The van der Waals surface area contributed by atoms with Crippen LogP contribution in [0.1, 0.15) is 15.9 Å². The minimum absolute atomic E-state index is 0.156. The summed E-state index contributed by atoms with van der Waals surface area (Å²) >= 11 is 5.99. The van der Waals surface area contributed by atoms with Gasteiger partial charge in [-0.25, -0.2) is 4.39 Å². The molecular formula is C16H9ClFNO. The molecule has 0 fully saturated rings. The number of para-hydroxylation sites is 1. The third-order valence-electron chi connectivity index (χ3n) is 3.07. The van der Waals surface area contributed by atoms with Crippen LogP contribution in [-0.4, -0.2) is 10.8 Å². The largest absolute Gasteiger partial charge is 0.289 e. The van der Waals surface area contributed by atoms with Crippen molar-refractivity contribution >= 4 is 28.3 Å². The number of benzene rings is 2. The van der Waals surface area contributed by atoms with Gasteiger partial charge >= 0.3 is 0 Å². The van der Waals surface area contributed by atoms with Crippen molar-refractivity contribution < 1.29 is 9.18 Å². The van der Waals surface area contributed by atoms with E-state index in [9.17, 15) is 9.18 Å². The van der Waals surface area contributed by atoms with Crippen molar-refractivity contribution in [1.29, 1.82) is 0 Å². The normalized spacial score (nSPS) is 10.7. The molecule has 0 spiro atoms. The van der Waals surface area contributed by atoms with Crippen LogP contribution in [0, 0.1) is 5.82 Å². The maximum Gasteiger partial charge on any atom is 0.195 e. The second-order valence-electron chi connectivity index (χ2n) is 4.33. The third kappa shape index (κ3) is 2.17. The minimum atomic E-state index is -0.490. The van der Waals surface area contributed by atoms with Gasteiger partial charge in [-0.1, -0.05) is 29.8 Å². The molecule has 0 unspecified atom stereocenters. The minimum Gasteiger partial charge on any atom is -0.289 e. The molecule has 1 heterocycles. The molecule has 2 nitrogen and oxygen atoms in total. The van der Waals surface area contributed by atoms with E-state index in [2.05, 4.69) is 4.98 Å². The van der Waals surface area contributed by atoms with Crippen LogP contribution in [0.4, 0.5) is 4.39 Å². The number of pyridine rings is 1. The van der Waals surface area contributed by atoms with E-state index in [1.54, 1.807) is 12.3 Å². The number of carbonyl (C=O) groups excluding carboxylic acids is 1. The number of hydrogen-bond donors (Lipinski definition) is 0. The summed E-state index contributed by atoms with van der Waals surface area (Å²) in [4.78, 5) is 16.8. The molecule has 0 bridgehead atoms. The standard InChI is InChI=1S/C16H9ClFNO/c17-14-6-5-10(18)9-13(14)16(20)12-7-8-19-15-4-2-1-3-11(12)15/h1-9H. The van der Waals surface area contributed by atoms with Crippen LogP contribution < -0.4 is 0 Å². The maximum absolute atomic E-state index is 13.3. The lowest BCUT2D eigenvalue weighted by molar-refractivity contribution is 0.104. The fourth-order valence-electron chi connectivity index (χ4n) is 2.11. The molecule has 4 heteroatoms. The molecule has 0 radical (unpaired) electrons. The van der Waals surface area contributed by atoms with Crippen molar-refractivity contribution in [2.75, 3.05) is 0 Å². The fourth-order valence-corrected chi connectivity index (χ4v) is 2.31. The lowest BCUT2D eigenvalue weighted by Crippen LogP contribution is -2.04. The molecule has 0 saturated carbocycles. The van der Waals surface area contributed by atoms with Crippen molar-refractivity contribution in [3.8, 4) is 0 Å². The lowest BCUT2D eigenvalue weighted by Gasteiger charge is -2.07. The SMILES string of the molecule is O=C(c1cc(F)ccc1Cl)c1ccnc2ccccc12. The van der Waals surface area contributed by atoms with E-state index in [-0.39, 0.29) is 16.4 Å². The Bertz CT molecular complexity index is 811. The molecule has 0 atom stereocenters. The first-order chi connectivity index (χ1) is 9.66. The average molecular weight is 286 g/mol. The Kier molecular flexibility index (Phi) is 3.20. The van der Waals surface area contributed by atoms with Crippen molar-refractivity contribution in [2.45, 2.75) is 0 Å². The fraction of sp³-hybridized carbons (Fsp3) is 0. The molecule has 0 N–H and O–H groups in total. The van der Waals surface area contributed by atoms with E-state index in [1.165, 1.54) is 12.1 Å². The van der Waals surface area contributed by atoms with Gasteiger partial charge in [0.2, 0.25) is 0 Å². The molecule has 0 aliphatic heterocycles. The Hall–Kier alpha value is -2.26. The summed E-state index contributed by atoms with van der Waals surface area (Å²) < 4.78 is 13.3. The molecule has 0 aliphatic carbocycles. The van der Waals surface area contributed by atoms with E-state index in [0.717, 1.165) is 11.5 Å². The number of aromatic nitrogens is 1. The zero-order chi connectivity index (χ0) is 14.1. The van der Waals surface area contributed by atoms with Gasteiger partial charge < -0.3 is 0 Å².